The lowest BCUT2D eigenvalue weighted by molar-refractivity contribution is -0.136. The Morgan fingerprint density at radius 3 is 2.80 bits per heavy atom. The molecule has 0 spiro atoms. The zero-order valence-electron chi connectivity index (χ0n) is 15.5. The van der Waals surface area contributed by atoms with Gasteiger partial charge in [-0.1, -0.05) is 13.8 Å². The average Bonchev–Trinajstić information content (AvgIpc) is 3.16. The third kappa shape index (κ3) is 6.47. The van der Waals surface area contributed by atoms with Gasteiger partial charge in [-0.15, -0.1) is 0 Å². The first-order valence-corrected chi connectivity index (χ1v) is 8.63. The Kier molecular flexibility index (Phi) is 6.55. The number of nitrogens with one attached hydrogen (secondary N) is 2. The molecule has 2 amide bonds. The number of nitrogens with zero attached hydrogens (tertiary/aromatic N) is 3. The Hall–Kier alpha value is -1.93. The van der Waals surface area contributed by atoms with Gasteiger partial charge in [0.1, 0.15) is 0 Å². The maximum atomic E-state index is 12.0. The van der Waals surface area contributed by atoms with Crippen molar-refractivity contribution in [2.75, 3.05) is 39.1 Å². The summed E-state index contributed by atoms with van der Waals surface area (Å²) in [4.78, 5) is 26.0. The fourth-order valence-electron chi connectivity index (χ4n) is 3.02. The number of anilines is 1. The van der Waals surface area contributed by atoms with E-state index >= 15 is 0 Å². The zero-order chi connectivity index (χ0) is 18.4. The third-order valence-electron chi connectivity index (χ3n) is 3.98. The van der Waals surface area contributed by atoms with Gasteiger partial charge in [-0.3, -0.25) is 14.3 Å². The first kappa shape index (κ1) is 19.4. The summed E-state index contributed by atoms with van der Waals surface area (Å²) in [6, 6.07) is 0. The molecule has 2 N–H and O–H groups in total. The molecule has 1 atom stereocenters. The van der Waals surface area contributed by atoms with E-state index < -0.39 is 11.8 Å². The highest BCUT2D eigenvalue weighted by Gasteiger charge is 2.22. The molecule has 0 radical (unpaired) electrons. The van der Waals surface area contributed by atoms with Crippen LogP contribution < -0.4 is 10.6 Å². The Balaban J connectivity index is 1.78. The second-order valence-corrected chi connectivity index (χ2v) is 7.62. The Labute approximate surface area is 148 Å². The maximum absolute atomic E-state index is 12.0. The summed E-state index contributed by atoms with van der Waals surface area (Å²) < 4.78 is 7.29. The molecule has 0 saturated carbocycles. The standard InChI is InChI=1S/C17H29N5O3/c1-17(2,12-21(3)4)11-18-15(23)16(24)20-13-8-19-22(9-13)10-14-6-5-7-25-14/h8-9,14H,5-7,10-12H2,1-4H3,(H,18,23)(H,20,24)/t14-/m1/s1. The lowest BCUT2D eigenvalue weighted by Gasteiger charge is -2.28. The lowest BCUT2D eigenvalue weighted by Crippen LogP contribution is -2.43. The number of amides is 2. The normalized spacial score (nSPS) is 17.7. The molecule has 0 aromatic carbocycles. The molecule has 8 nitrogen and oxygen atoms in total. The molecule has 2 rings (SSSR count). The summed E-state index contributed by atoms with van der Waals surface area (Å²) in [7, 11) is 3.95. The number of ether oxygens (including phenoxy) is 1. The molecule has 1 aromatic heterocycles. The summed E-state index contributed by atoms with van der Waals surface area (Å²) in [5.74, 6) is -1.32. The van der Waals surface area contributed by atoms with E-state index in [-0.39, 0.29) is 11.5 Å². The minimum atomic E-state index is -0.683. The first-order valence-electron chi connectivity index (χ1n) is 8.63. The van der Waals surface area contributed by atoms with E-state index in [1.807, 2.05) is 27.9 Å². The number of aromatic nitrogens is 2. The minimum absolute atomic E-state index is 0.119. The number of rotatable bonds is 7. The number of carbonyl (C=O) groups is 2. The summed E-state index contributed by atoms with van der Waals surface area (Å²) in [5, 5.41) is 9.46. The van der Waals surface area contributed by atoms with E-state index in [1.165, 1.54) is 6.20 Å². The third-order valence-corrected chi connectivity index (χ3v) is 3.98. The lowest BCUT2D eigenvalue weighted by atomic mass is 9.93. The highest BCUT2D eigenvalue weighted by Crippen LogP contribution is 2.15. The summed E-state index contributed by atoms with van der Waals surface area (Å²) in [6.45, 7) is 6.77. The molecule has 0 unspecified atom stereocenters. The highest BCUT2D eigenvalue weighted by atomic mass is 16.5. The predicted molar refractivity (Wildman–Crippen MR) is 95.2 cm³/mol. The van der Waals surface area contributed by atoms with Crippen molar-refractivity contribution in [2.45, 2.75) is 39.3 Å². The van der Waals surface area contributed by atoms with Crippen LogP contribution in [-0.2, 0) is 20.9 Å². The summed E-state index contributed by atoms with van der Waals surface area (Å²) in [6.07, 6.45) is 5.51. The molecular weight excluding hydrogens is 322 g/mol. The average molecular weight is 351 g/mol. The van der Waals surface area contributed by atoms with Gasteiger partial charge < -0.3 is 20.3 Å². The van der Waals surface area contributed by atoms with Crippen LogP contribution in [0.15, 0.2) is 12.4 Å². The molecule has 1 aliphatic heterocycles. The van der Waals surface area contributed by atoms with Crippen molar-refractivity contribution in [1.29, 1.82) is 0 Å². The van der Waals surface area contributed by atoms with E-state index in [9.17, 15) is 9.59 Å². The number of hydrogen-bond acceptors (Lipinski definition) is 5. The molecule has 0 bridgehead atoms. The van der Waals surface area contributed by atoms with E-state index in [0.717, 1.165) is 26.0 Å². The van der Waals surface area contributed by atoms with Gasteiger partial charge in [-0.2, -0.15) is 5.10 Å². The Bertz CT molecular complexity index is 591. The van der Waals surface area contributed by atoms with Crippen LogP contribution in [0.3, 0.4) is 0 Å². The van der Waals surface area contributed by atoms with E-state index in [0.29, 0.717) is 18.8 Å². The Morgan fingerprint density at radius 2 is 2.16 bits per heavy atom. The van der Waals surface area contributed by atoms with Gasteiger partial charge >= 0.3 is 11.8 Å². The van der Waals surface area contributed by atoms with Crippen molar-refractivity contribution in [3.63, 3.8) is 0 Å². The van der Waals surface area contributed by atoms with Gasteiger partial charge in [0.2, 0.25) is 0 Å². The Morgan fingerprint density at radius 1 is 1.40 bits per heavy atom. The molecular formula is C17H29N5O3. The van der Waals surface area contributed by atoms with Gasteiger partial charge in [0.05, 0.1) is 24.5 Å². The van der Waals surface area contributed by atoms with Crippen molar-refractivity contribution < 1.29 is 14.3 Å². The highest BCUT2D eigenvalue weighted by molar-refractivity contribution is 6.39. The second kappa shape index (κ2) is 8.44. The first-order chi connectivity index (χ1) is 11.7. The van der Waals surface area contributed by atoms with Crippen LogP contribution in [-0.4, -0.2) is 66.4 Å². The topological polar surface area (TPSA) is 88.5 Å². The SMILES string of the molecule is CN(C)CC(C)(C)CNC(=O)C(=O)Nc1cnn(C[C@H]2CCCO2)c1. The molecule has 140 valence electrons. The summed E-state index contributed by atoms with van der Waals surface area (Å²) >= 11 is 0. The van der Waals surface area contributed by atoms with Crippen LogP contribution in [0, 0.1) is 5.41 Å². The van der Waals surface area contributed by atoms with E-state index in [1.54, 1.807) is 10.9 Å². The maximum Gasteiger partial charge on any atom is 0.313 e. The van der Waals surface area contributed by atoms with Crippen molar-refractivity contribution in [2.24, 2.45) is 5.41 Å². The monoisotopic (exact) mass is 351 g/mol. The molecule has 0 aliphatic carbocycles. The molecule has 8 heteroatoms. The second-order valence-electron chi connectivity index (χ2n) is 7.62. The van der Waals surface area contributed by atoms with Crippen molar-refractivity contribution in [3.8, 4) is 0 Å². The smallest absolute Gasteiger partial charge is 0.313 e. The molecule has 1 fully saturated rings. The van der Waals surface area contributed by atoms with Crippen LogP contribution in [0.5, 0.6) is 0 Å². The van der Waals surface area contributed by atoms with Gasteiger partial charge in [-0.05, 0) is 32.4 Å². The fraction of sp³-hybridized carbons (Fsp3) is 0.706. The van der Waals surface area contributed by atoms with E-state index in [4.69, 9.17) is 4.74 Å². The van der Waals surface area contributed by atoms with Crippen molar-refractivity contribution in [1.82, 2.24) is 20.0 Å². The molecule has 2 heterocycles. The van der Waals surface area contributed by atoms with Crippen LogP contribution in [0.2, 0.25) is 0 Å². The van der Waals surface area contributed by atoms with Crippen LogP contribution >= 0.6 is 0 Å². The predicted octanol–water partition coefficient (Wildman–Crippen LogP) is 0.705. The van der Waals surface area contributed by atoms with Crippen molar-refractivity contribution in [3.05, 3.63) is 12.4 Å². The van der Waals surface area contributed by atoms with Gasteiger partial charge in [-0.25, -0.2) is 0 Å². The minimum Gasteiger partial charge on any atom is -0.376 e. The zero-order valence-corrected chi connectivity index (χ0v) is 15.5. The molecule has 1 aromatic rings. The van der Waals surface area contributed by atoms with Gasteiger partial charge in [0.15, 0.2) is 0 Å². The fourth-order valence-corrected chi connectivity index (χ4v) is 3.02. The largest absolute Gasteiger partial charge is 0.376 e. The van der Waals surface area contributed by atoms with Gasteiger partial charge in [0, 0.05) is 25.9 Å². The quantitative estimate of drug-likeness (QED) is 0.706. The van der Waals surface area contributed by atoms with Crippen molar-refractivity contribution >= 4 is 17.5 Å². The summed E-state index contributed by atoms with van der Waals surface area (Å²) in [5.41, 5.74) is 0.386. The van der Waals surface area contributed by atoms with Crippen LogP contribution in [0.25, 0.3) is 0 Å². The molecule has 1 aliphatic rings. The van der Waals surface area contributed by atoms with Crippen LogP contribution in [0.4, 0.5) is 5.69 Å². The molecule has 25 heavy (non-hydrogen) atoms. The van der Waals surface area contributed by atoms with E-state index in [2.05, 4.69) is 20.6 Å². The molecule has 1 saturated heterocycles. The van der Waals surface area contributed by atoms with Gasteiger partial charge in [0.25, 0.3) is 0 Å². The number of carbonyl (C=O) groups excluding carboxylic acids is 2. The van der Waals surface area contributed by atoms with Crippen LogP contribution in [0.1, 0.15) is 26.7 Å². The number of hydrogen-bond donors (Lipinski definition) is 2.